The van der Waals surface area contributed by atoms with E-state index in [1.165, 1.54) is 32.5 Å². The molecule has 2 aliphatic heterocycles. The van der Waals surface area contributed by atoms with Gasteiger partial charge in [0, 0.05) is 24.8 Å². The van der Waals surface area contributed by atoms with E-state index in [0.717, 1.165) is 17.2 Å². The van der Waals surface area contributed by atoms with Gasteiger partial charge in [-0.05, 0) is 56.0 Å². The minimum atomic E-state index is -0.119. The van der Waals surface area contributed by atoms with Crippen molar-refractivity contribution in [2.24, 2.45) is 5.92 Å². The van der Waals surface area contributed by atoms with Gasteiger partial charge in [0.05, 0.1) is 0 Å². The van der Waals surface area contributed by atoms with Crippen LogP contribution in [0.1, 0.15) is 18.4 Å². The molecule has 2 nitrogen and oxygen atoms in total. The van der Waals surface area contributed by atoms with Crippen LogP contribution in [-0.2, 0) is 0 Å². The molecule has 0 radical (unpaired) electrons. The quantitative estimate of drug-likeness (QED) is 0.846. The molecule has 2 fully saturated rings. The van der Waals surface area contributed by atoms with Crippen molar-refractivity contribution in [2.45, 2.75) is 25.8 Å². The molecular weight excluding hydrogens is 215 g/mol. The van der Waals surface area contributed by atoms with E-state index >= 15 is 0 Å². The largest absolute Gasteiger partial charge is 0.382 e. The van der Waals surface area contributed by atoms with Crippen LogP contribution in [0.3, 0.4) is 0 Å². The van der Waals surface area contributed by atoms with Gasteiger partial charge in [0.1, 0.15) is 5.82 Å². The van der Waals surface area contributed by atoms with Gasteiger partial charge < -0.3 is 10.2 Å². The van der Waals surface area contributed by atoms with Crippen LogP contribution >= 0.6 is 0 Å². The molecule has 1 aromatic carbocycles. The summed E-state index contributed by atoms with van der Waals surface area (Å²) in [4.78, 5) is 2.54. The Morgan fingerprint density at radius 2 is 2.12 bits per heavy atom. The van der Waals surface area contributed by atoms with Gasteiger partial charge in [-0.1, -0.05) is 0 Å². The summed E-state index contributed by atoms with van der Waals surface area (Å²) in [5, 5.41) is 3.58. The second kappa shape index (κ2) is 4.30. The molecule has 3 rings (SSSR count). The van der Waals surface area contributed by atoms with Crippen LogP contribution in [0.5, 0.6) is 0 Å². The number of piperidine rings is 1. The maximum Gasteiger partial charge on any atom is 0.126 e. The lowest BCUT2D eigenvalue weighted by atomic mass is 9.94. The summed E-state index contributed by atoms with van der Waals surface area (Å²) in [6.07, 6.45) is 2.51. The highest BCUT2D eigenvalue weighted by molar-refractivity contribution is 5.47. The first-order valence-electron chi connectivity index (χ1n) is 6.47. The maximum atomic E-state index is 13.2. The zero-order valence-electron chi connectivity index (χ0n) is 10.2. The number of fused-ring (bicyclic) bond motifs is 2. The highest BCUT2D eigenvalue weighted by Crippen LogP contribution is 2.29. The van der Waals surface area contributed by atoms with Crippen LogP contribution in [-0.4, -0.2) is 30.6 Å². The van der Waals surface area contributed by atoms with Crippen molar-refractivity contribution in [3.8, 4) is 0 Å². The third kappa shape index (κ3) is 2.16. The van der Waals surface area contributed by atoms with Crippen molar-refractivity contribution in [3.63, 3.8) is 0 Å². The number of aryl methyl sites for hydroxylation is 1. The zero-order valence-corrected chi connectivity index (χ0v) is 10.2. The topological polar surface area (TPSA) is 15.3 Å². The summed E-state index contributed by atoms with van der Waals surface area (Å²) < 4.78 is 13.2. The lowest BCUT2D eigenvalue weighted by molar-refractivity contribution is 0.255. The molecule has 0 spiro atoms. The molecule has 3 heteroatoms. The van der Waals surface area contributed by atoms with Gasteiger partial charge in [-0.2, -0.15) is 0 Å². The Balaban J connectivity index is 1.71. The molecule has 0 aromatic heterocycles. The van der Waals surface area contributed by atoms with E-state index in [9.17, 15) is 4.39 Å². The fourth-order valence-corrected chi connectivity index (χ4v) is 3.09. The second-order valence-corrected chi connectivity index (χ2v) is 5.35. The van der Waals surface area contributed by atoms with Gasteiger partial charge in [-0.3, -0.25) is 0 Å². The molecule has 0 aliphatic carbocycles. The second-order valence-electron chi connectivity index (χ2n) is 5.35. The highest BCUT2D eigenvalue weighted by Gasteiger charge is 2.33. The predicted molar refractivity (Wildman–Crippen MR) is 67.7 cm³/mol. The number of anilines is 1. The number of rotatable bonds is 2. The Hall–Kier alpha value is -1.09. The molecule has 1 N–H and O–H groups in total. The van der Waals surface area contributed by atoms with E-state index in [2.05, 4.69) is 10.2 Å². The Bertz CT molecular complexity index is 419. The SMILES string of the molecule is Cc1cc(NC2CCN3CCC2C3)ccc1F. The van der Waals surface area contributed by atoms with Gasteiger partial charge in [0.15, 0.2) is 0 Å². The third-order valence-electron chi connectivity index (χ3n) is 4.14. The van der Waals surface area contributed by atoms with Crippen molar-refractivity contribution in [2.75, 3.05) is 25.0 Å². The lowest BCUT2D eigenvalue weighted by Crippen LogP contribution is -2.39. The average Bonchev–Trinajstić information content (AvgIpc) is 2.71. The molecular formula is C14H19FN2. The van der Waals surface area contributed by atoms with Crippen molar-refractivity contribution in [3.05, 3.63) is 29.6 Å². The standard InChI is InChI=1S/C14H19FN2/c1-10-8-12(2-3-13(10)15)16-14-5-7-17-6-4-11(14)9-17/h2-3,8,11,14,16H,4-7,9H2,1H3. The number of benzene rings is 1. The van der Waals surface area contributed by atoms with Gasteiger partial charge >= 0.3 is 0 Å². The van der Waals surface area contributed by atoms with Crippen LogP contribution in [0.15, 0.2) is 18.2 Å². The number of nitrogens with one attached hydrogen (secondary N) is 1. The van der Waals surface area contributed by atoms with E-state index in [1.54, 1.807) is 6.07 Å². The Labute approximate surface area is 102 Å². The fraction of sp³-hybridized carbons (Fsp3) is 0.571. The molecule has 17 heavy (non-hydrogen) atoms. The van der Waals surface area contributed by atoms with Crippen LogP contribution in [0, 0.1) is 18.7 Å². The van der Waals surface area contributed by atoms with Gasteiger partial charge in [0.25, 0.3) is 0 Å². The average molecular weight is 234 g/mol. The molecule has 1 aromatic rings. The zero-order chi connectivity index (χ0) is 11.8. The van der Waals surface area contributed by atoms with Gasteiger partial charge in [-0.25, -0.2) is 4.39 Å². The molecule has 3 unspecified atom stereocenters. The maximum absolute atomic E-state index is 13.2. The van der Waals surface area contributed by atoms with Gasteiger partial charge in [0.2, 0.25) is 0 Å². The summed E-state index contributed by atoms with van der Waals surface area (Å²) in [6, 6.07) is 5.89. The fourth-order valence-electron chi connectivity index (χ4n) is 3.09. The summed E-state index contributed by atoms with van der Waals surface area (Å²) >= 11 is 0. The van der Waals surface area contributed by atoms with Crippen molar-refractivity contribution < 1.29 is 4.39 Å². The molecule has 3 atom stereocenters. The molecule has 2 bridgehead atoms. The Kier molecular flexibility index (Phi) is 2.79. The minimum Gasteiger partial charge on any atom is -0.382 e. The lowest BCUT2D eigenvalue weighted by Gasteiger charge is -2.31. The molecule has 2 heterocycles. The highest BCUT2D eigenvalue weighted by atomic mass is 19.1. The first-order valence-corrected chi connectivity index (χ1v) is 6.47. The van der Waals surface area contributed by atoms with E-state index in [1.807, 2.05) is 19.1 Å². The summed E-state index contributed by atoms with van der Waals surface area (Å²) in [5.74, 6) is 0.653. The van der Waals surface area contributed by atoms with Crippen molar-refractivity contribution in [1.82, 2.24) is 4.90 Å². The molecule has 2 saturated heterocycles. The van der Waals surface area contributed by atoms with Gasteiger partial charge in [-0.15, -0.1) is 0 Å². The first kappa shape index (κ1) is 11.0. The number of hydrogen-bond donors (Lipinski definition) is 1. The number of halogens is 1. The third-order valence-corrected chi connectivity index (χ3v) is 4.14. The van der Waals surface area contributed by atoms with E-state index in [4.69, 9.17) is 0 Å². The number of hydrogen-bond acceptors (Lipinski definition) is 2. The molecule has 0 amide bonds. The normalized spacial score (nSPS) is 31.5. The monoisotopic (exact) mass is 234 g/mol. The van der Waals surface area contributed by atoms with E-state index in [-0.39, 0.29) is 5.82 Å². The van der Waals surface area contributed by atoms with Crippen LogP contribution in [0.25, 0.3) is 0 Å². The smallest absolute Gasteiger partial charge is 0.126 e. The molecule has 92 valence electrons. The van der Waals surface area contributed by atoms with Crippen LogP contribution in [0.2, 0.25) is 0 Å². The Morgan fingerprint density at radius 3 is 2.94 bits per heavy atom. The Morgan fingerprint density at radius 1 is 1.29 bits per heavy atom. The summed E-state index contributed by atoms with van der Waals surface area (Å²) in [6.45, 7) is 5.51. The van der Waals surface area contributed by atoms with E-state index < -0.39 is 0 Å². The summed E-state index contributed by atoms with van der Waals surface area (Å²) in [7, 11) is 0. The number of nitrogens with zero attached hydrogens (tertiary/aromatic N) is 1. The first-order chi connectivity index (χ1) is 8.22. The predicted octanol–water partition coefficient (Wildman–Crippen LogP) is 2.64. The summed E-state index contributed by atoms with van der Waals surface area (Å²) in [5.41, 5.74) is 1.79. The van der Waals surface area contributed by atoms with Crippen LogP contribution in [0.4, 0.5) is 10.1 Å². The van der Waals surface area contributed by atoms with Crippen LogP contribution < -0.4 is 5.32 Å². The molecule has 0 saturated carbocycles. The van der Waals surface area contributed by atoms with E-state index in [0.29, 0.717) is 6.04 Å². The minimum absolute atomic E-state index is 0.119. The molecule has 2 aliphatic rings. The van der Waals surface area contributed by atoms with Crippen molar-refractivity contribution in [1.29, 1.82) is 0 Å². The van der Waals surface area contributed by atoms with Crippen molar-refractivity contribution >= 4 is 5.69 Å².